The molecule has 1 amide bonds. The monoisotopic (exact) mass is 448 g/mol. The van der Waals surface area contributed by atoms with Crippen molar-refractivity contribution in [1.29, 1.82) is 0 Å². The van der Waals surface area contributed by atoms with Crippen LogP contribution >= 0.6 is 11.3 Å². The van der Waals surface area contributed by atoms with Crippen molar-refractivity contribution in [3.63, 3.8) is 0 Å². The van der Waals surface area contributed by atoms with Gasteiger partial charge in [0.05, 0.1) is 13.2 Å². The second-order valence-corrected chi connectivity index (χ2v) is 9.65. The molecule has 2 N–H and O–H groups in total. The van der Waals surface area contributed by atoms with Gasteiger partial charge in [0, 0.05) is 41.9 Å². The fourth-order valence-corrected chi connectivity index (χ4v) is 5.01. The highest BCUT2D eigenvalue weighted by Crippen LogP contribution is 2.37. The lowest BCUT2D eigenvalue weighted by Crippen LogP contribution is -2.38. The van der Waals surface area contributed by atoms with Crippen LogP contribution in [0.3, 0.4) is 0 Å². The molecule has 2 saturated heterocycles. The van der Waals surface area contributed by atoms with Crippen molar-refractivity contribution < 1.29 is 32.6 Å². The summed E-state index contributed by atoms with van der Waals surface area (Å²) in [4.78, 5) is 26.4. The van der Waals surface area contributed by atoms with E-state index in [1.165, 1.54) is 9.75 Å². The molecule has 0 radical (unpaired) electrons. The van der Waals surface area contributed by atoms with E-state index in [0.29, 0.717) is 30.2 Å². The van der Waals surface area contributed by atoms with Crippen molar-refractivity contribution in [3.8, 4) is 0 Å². The number of amides is 1. The minimum Gasteiger partial charge on any atom is -0.475 e. The zero-order valence-corrected chi connectivity index (χ0v) is 17.6. The molecule has 1 aromatic rings. The first-order valence-corrected chi connectivity index (χ1v) is 10.9. The van der Waals surface area contributed by atoms with Crippen LogP contribution in [0, 0.1) is 24.7 Å². The number of carboxylic acid groups (broad SMARTS) is 1. The molecule has 3 aliphatic rings. The number of aryl methyl sites for hydroxylation is 1. The van der Waals surface area contributed by atoms with Gasteiger partial charge in [-0.2, -0.15) is 13.2 Å². The minimum absolute atomic E-state index is 0.231. The molecule has 0 bridgehead atoms. The number of nitrogens with one attached hydrogen (secondary N) is 1. The van der Waals surface area contributed by atoms with Crippen LogP contribution in [0.15, 0.2) is 12.1 Å². The highest BCUT2D eigenvalue weighted by Gasteiger charge is 2.42. The zero-order chi connectivity index (χ0) is 21.9. The number of thiophene rings is 1. The highest BCUT2D eigenvalue weighted by molar-refractivity contribution is 7.11. The number of nitrogens with zero attached hydrogens (tertiary/aromatic N) is 1. The molecule has 0 spiro atoms. The van der Waals surface area contributed by atoms with E-state index in [9.17, 15) is 18.0 Å². The van der Waals surface area contributed by atoms with Crippen LogP contribution < -0.4 is 5.32 Å². The molecule has 1 saturated carbocycles. The Balaban J connectivity index is 0.000000318. The predicted molar refractivity (Wildman–Crippen MR) is 105 cm³/mol. The summed E-state index contributed by atoms with van der Waals surface area (Å²) in [5.41, 5.74) is 0. The Morgan fingerprint density at radius 1 is 1.27 bits per heavy atom. The number of fused-ring (bicyclic) bond motifs is 1. The summed E-state index contributed by atoms with van der Waals surface area (Å²) >= 11 is 1.90. The summed E-state index contributed by atoms with van der Waals surface area (Å²) in [5, 5.41) is 10.3. The van der Waals surface area contributed by atoms with Gasteiger partial charge < -0.3 is 15.2 Å². The number of hydrogen-bond donors (Lipinski definition) is 2. The molecule has 1 aromatic heterocycles. The number of rotatable bonds is 5. The van der Waals surface area contributed by atoms with E-state index < -0.39 is 12.1 Å². The van der Waals surface area contributed by atoms with Crippen LogP contribution in [0.2, 0.25) is 0 Å². The Morgan fingerprint density at radius 3 is 2.53 bits per heavy atom. The van der Waals surface area contributed by atoms with Crippen molar-refractivity contribution in [2.45, 2.75) is 44.9 Å². The first kappa shape index (κ1) is 23.0. The Bertz CT molecular complexity index is 751. The predicted octanol–water partition coefficient (Wildman–Crippen LogP) is 3.05. The van der Waals surface area contributed by atoms with Gasteiger partial charge in [-0.25, -0.2) is 4.79 Å². The first-order valence-electron chi connectivity index (χ1n) is 10.1. The number of hydrogen-bond acceptors (Lipinski definition) is 5. The molecule has 3 atom stereocenters. The molecule has 168 valence electrons. The summed E-state index contributed by atoms with van der Waals surface area (Å²) in [5.74, 6) is -0.914. The van der Waals surface area contributed by atoms with Crippen molar-refractivity contribution in [2.75, 3.05) is 26.3 Å². The maximum Gasteiger partial charge on any atom is 0.490 e. The Labute approximate surface area is 177 Å². The molecule has 2 aliphatic heterocycles. The van der Waals surface area contributed by atoms with Crippen molar-refractivity contribution in [1.82, 2.24) is 10.2 Å². The van der Waals surface area contributed by atoms with Gasteiger partial charge in [-0.1, -0.05) is 0 Å². The van der Waals surface area contributed by atoms with Gasteiger partial charge in [0.2, 0.25) is 5.91 Å². The van der Waals surface area contributed by atoms with Crippen molar-refractivity contribution in [2.24, 2.45) is 17.8 Å². The molecule has 3 fully saturated rings. The molecule has 6 nitrogen and oxygen atoms in total. The lowest BCUT2D eigenvalue weighted by Gasteiger charge is -2.32. The van der Waals surface area contributed by atoms with Gasteiger partial charge in [0.25, 0.3) is 0 Å². The van der Waals surface area contributed by atoms with Gasteiger partial charge >= 0.3 is 12.1 Å². The van der Waals surface area contributed by atoms with E-state index in [1.807, 2.05) is 11.3 Å². The molecule has 4 rings (SSSR count). The fraction of sp³-hybridized carbons (Fsp3) is 0.700. The summed E-state index contributed by atoms with van der Waals surface area (Å²) in [6.07, 6.45) is -2.12. The van der Waals surface area contributed by atoms with Gasteiger partial charge in [-0.15, -0.1) is 11.3 Å². The van der Waals surface area contributed by atoms with E-state index in [2.05, 4.69) is 29.3 Å². The third-order valence-electron chi connectivity index (χ3n) is 5.64. The second kappa shape index (κ2) is 9.65. The average Bonchev–Trinajstić information content (AvgIpc) is 3.20. The number of aliphatic carboxylic acids is 1. The molecule has 10 heteroatoms. The van der Waals surface area contributed by atoms with Crippen molar-refractivity contribution >= 4 is 23.2 Å². The second-order valence-electron chi connectivity index (χ2n) is 8.28. The largest absolute Gasteiger partial charge is 0.490 e. The zero-order valence-electron chi connectivity index (χ0n) is 16.8. The summed E-state index contributed by atoms with van der Waals surface area (Å²) in [6.45, 7) is 7.07. The normalized spacial score (nSPS) is 26.5. The number of carboxylic acids is 1. The topological polar surface area (TPSA) is 78.9 Å². The van der Waals surface area contributed by atoms with E-state index in [1.54, 1.807) is 0 Å². The number of carbonyl (C=O) groups excluding carboxylic acids is 1. The lowest BCUT2D eigenvalue weighted by molar-refractivity contribution is -0.192. The average molecular weight is 449 g/mol. The SMILES string of the molecule is Cc1ccc(CN2C[C@@H]3COC[C@@H](CC(=O)NC4CC4)[C@@H]3C2)s1.O=C(O)C(F)(F)F. The van der Waals surface area contributed by atoms with Crippen molar-refractivity contribution in [3.05, 3.63) is 21.9 Å². The molecule has 0 unspecified atom stereocenters. The minimum atomic E-state index is -5.08. The number of alkyl halides is 3. The van der Waals surface area contributed by atoms with Gasteiger partial charge in [0.15, 0.2) is 0 Å². The van der Waals surface area contributed by atoms with Crippen LogP contribution in [-0.2, 0) is 20.9 Å². The van der Waals surface area contributed by atoms with Crippen LogP contribution in [0.5, 0.6) is 0 Å². The van der Waals surface area contributed by atoms with E-state index in [-0.39, 0.29) is 5.91 Å². The summed E-state index contributed by atoms with van der Waals surface area (Å²) in [6, 6.07) is 4.92. The van der Waals surface area contributed by atoms with Crippen LogP contribution in [0.25, 0.3) is 0 Å². The van der Waals surface area contributed by atoms with Gasteiger partial charge in [-0.05, 0) is 49.7 Å². The number of likely N-dealkylation sites (tertiary alicyclic amines) is 1. The highest BCUT2D eigenvalue weighted by atomic mass is 32.1. The lowest BCUT2D eigenvalue weighted by atomic mass is 9.81. The summed E-state index contributed by atoms with van der Waals surface area (Å²) in [7, 11) is 0. The van der Waals surface area contributed by atoms with Crippen LogP contribution in [0.1, 0.15) is 29.0 Å². The quantitative estimate of drug-likeness (QED) is 0.724. The van der Waals surface area contributed by atoms with Gasteiger partial charge in [0.1, 0.15) is 0 Å². The molecule has 0 aromatic carbocycles. The maximum absolute atomic E-state index is 12.1. The van der Waals surface area contributed by atoms with E-state index in [0.717, 1.165) is 45.7 Å². The Hall–Kier alpha value is -1.65. The molecular formula is C20H27F3N2O4S. The Kier molecular flexibility index (Phi) is 7.41. The standard InChI is InChI=1S/C18H26N2O2S.C2HF3O2/c1-12-2-5-16(23-12)8-20-7-14-11-22-10-13(17(14)9-20)6-18(21)19-15-3-4-15;3-2(4,5)1(6)7/h2,5,13-15,17H,3-4,6-11H2,1H3,(H,19,21);(H,6,7)/t13-,14-,17+;/m1./s1. The number of halogens is 3. The smallest absolute Gasteiger partial charge is 0.475 e. The molecular weight excluding hydrogens is 421 g/mol. The van der Waals surface area contributed by atoms with E-state index >= 15 is 0 Å². The molecule has 1 aliphatic carbocycles. The third kappa shape index (κ3) is 6.68. The van der Waals surface area contributed by atoms with Gasteiger partial charge in [-0.3, -0.25) is 9.69 Å². The van der Waals surface area contributed by atoms with Crippen LogP contribution in [-0.4, -0.2) is 60.4 Å². The fourth-order valence-electron chi connectivity index (χ4n) is 4.08. The first-order chi connectivity index (χ1) is 14.1. The van der Waals surface area contributed by atoms with Crippen LogP contribution in [0.4, 0.5) is 13.2 Å². The number of ether oxygens (including phenoxy) is 1. The number of carbonyl (C=O) groups is 2. The maximum atomic E-state index is 12.1. The summed E-state index contributed by atoms with van der Waals surface area (Å²) < 4.78 is 37.6. The van der Waals surface area contributed by atoms with E-state index in [4.69, 9.17) is 14.6 Å². The molecule has 30 heavy (non-hydrogen) atoms. The molecule has 3 heterocycles. The third-order valence-corrected chi connectivity index (χ3v) is 6.63. The Morgan fingerprint density at radius 2 is 1.97 bits per heavy atom.